The molecule has 4 amide bonds. The van der Waals surface area contributed by atoms with E-state index in [0.717, 1.165) is 47.4 Å². The van der Waals surface area contributed by atoms with Crippen molar-refractivity contribution in [1.82, 2.24) is 30.7 Å². The lowest BCUT2D eigenvalue weighted by molar-refractivity contribution is -0.144. The fraction of sp³-hybridized carbons (Fsp3) is 0.667. The molecule has 5 rings (SSSR count). The summed E-state index contributed by atoms with van der Waals surface area (Å²) in [6.07, 6.45) is 2.12. The summed E-state index contributed by atoms with van der Waals surface area (Å²) in [4.78, 5) is 62.0. The van der Waals surface area contributed by atoms with Crippen LogP contribution in [0.25, 0.3) is 10.4 Å². The average Bonchev–Trinajstić information content (AvgIpc) is 3.67. The van der Waals surface area contributed by atoms with Gasteiger partial charge in [-0.05, 0) is 76.8 Å². The Hall–Kier alpha value is -3.59. The third kappa shape index (κ3) is 11.0. The summed E-state index contributed by atoms with van der Waals surface area (Å²) in [5.41, 5.74) is 3.59. The highest BCUT2D eigenvalue weighted by Gasteiger charge is 2.45. The van der Waals surface area contributed by atoms with Crippen molar-refractivity contribution in [2.45, 2.75) is 136 Å². The number of aliphatic hydroxyl groups excluding tert-OH is 1. The van der Waals surface area contributed by atoms with Crippen molar-refractivity contribution in [1.29, 1.82) is 0 Å². The molecule has 4 atom stereocenters. The van der Waals surface area contributed by atoms with Crippen molar-refractivity contribution in [3.05, 3.63) is 41.0 Å². The number of benzene rings is 1. The van der Waals surface area contributed by atoms with E-state index < -0.39 is 35.3 Å². The van der Waals surface area contributed by atoms with Crippen molar-refractivity contribution in [2.75, 3.05) is 26.2 Å². The van der Waals surface area contributed by atoms with Crippen LogP contribution in [0.5, 0.6) is 0 Å². The van der Waals surface area contributed by atoms with Crippen molar-refractivity contribution >= 4 is 35.2 Å². The van der Waals surface area contributed by atoms with Crippen LogP contribution in [0.3, 0.4) is 0 Å². The number of aliphatic hydroxyl groups is 1. The molecule has 1 aliphatic carbocycles. The Labute approximate surface area is 317 Å². The Kier molecular flexibility index (Phi) is 12.9. The lowest BCUT2D eigenvalue weighted by Crippen LogP contribution is -2.59. The molecule has 0 spiro atoms. The molecule has 4 unspecified atom stereocenters. The molecule has 0 radical (unpaired) electrons. The number of alkyl carbamates (subject to hydrolysis) is 1. The van der Waals surface area contributed by atoms with E-state index in [2.05, 4.69) is 25.8 Å². The molecular formula is C39H58N6O7S. The topological polar surface area (TPSA) is 162 Å². The Balaban J connectivity index is 1.09. The number of hydrogen-bond acceptors (Lipinski definition) is 10. The van der Waals surface area contributed by atoms with Crippen LogP contribution in [0.15, 0.2) is 29.8 Å². The van der Waals surface area contributed by atoms with Crippen LogP contribution in [0.2, 0.25) is 0 Å². The van der Waals surface area contributed by atoms with Gasteiger partial charge in [-0.15, -0.1) is 11.3 Å². The standard InChI is InChI=1S/C39H58N6O7S/c1-23(25-9-11-26(12-10-25)33-24(2)40-22-53-33)41-35(48)31-19-28(46)20-45(31)36(49)34(38(3,4)5)43-32(47)21-44-15-13-29(14-16-44)51-30-17-27(18-30)42-37(50)52-39(6,7)8/h9-12,22-23,27-31,34,46H,13-21H2,1-8H3,(H,41,48)(H,42,50)(H,43,47). The van der Waals surface area contributed by atoms with Crippen molar-refractivity contribution in [2.24, 2.45) is 5.41 Å². The fourth-order valence-corrected chi connectivity index (χ4v) is 7.98. The van der Waals surface area contributed by atoms with Crippen molar-refractivity contribution in [3.8, 4) is 10.4 Å². The zero-order chi connectivity index (χ0) is 38.7. The van der Waals surface area contributed by atoms with E-state index in [1.54, 1.807) is 11.3 Å². The predicted molar refractivity (Wildman–Crippen MR) is 203 cm³/mol. The van der Waals surface area contributed by atoms with Gasteiger partial charge in [0, 0.05) is 32.1 Å². The van der Waals surface area contributed by atoms with E-state index in [0.29, 0.717) is 13.1 Å². The maximum Gasteiger partial charge on any atom is 0.407 e. The number of likely N-dealkylation sites (tertiary alicyclic amines) is 2. The number of rotatable bonds is 11. The first-order valence-corrected chi connectivity index (χ1v) is 19.7. The SMILES string of the molecule is Cc1ncsc1-c1ccc(C(C)NC(=O)C2CC(O)CN2C(=O)C(NC(=O)CN2CCC(OC3CC(NC(=O)OC(C)(C)C)C3)CC2)C(C)(C)C)cc1. The normalized spacial score (nSPS) is 23.8. The first-order valence-electron chi connectivity index (χ1n) is 18.8. The molecule has 3 heterocycles. The van der Waals surface area contributed by atoms with Gasteiger partial charge in [-0.3, -0.25) is 19.3 Å². The van der Waals surface area contributed by atoms with Crippen LogP contribution in [0.4, 0.5) is 4.79 Å². The van der Waals surface area contributed by atoms with E-state index in [-0.39, 0.29) is 61.5 Å². The molecule has 13 nitrogen and oxygen atoms in total. The Morgan fingerprint density at radius 3 is 2.23 bits per heavy atom. The lowest BCUT2D eigenvalue weighted by atomic mass is 9.85. The summed E-state index contributed by atoms with van der Waals surface area (Å²) in [7, 11) is 0. The van der Waals surface area contributed by atoms with Crippen LogP contribution in [-0.4, -0.2) is 112 Å². The van der Waals surface area contributed by atoms with Gasteiger partial charge in [0.2, 0.25) is 17.7 Å². The molecule has 53 heavy (non-hydrogen) atoms. The molecule has 0 bridgehead atoms. The summed E-state index contributed by atoms with van der Waals surface area (Å²) < 4.78 is 11.6. The van der Waals surface area contributed by atoms with Gasteiger partial charge in [0.05, 0.1) is 47.0 Å². The average molecular weight is 755 g/mol. The number of aromatic nitrogens is 1. The highest BCUT2D eigenvalue weighted by Crippen LogP contribution is 2.31. The molecule has 2 aromatic rings. The summed E-state index contributed by atoms with van der Waals surface area (Å²) in [6.45, 7) is 16.6. The second-order valence-electron chi connectivity index (χ2n) is 16.9. The van der Waals surface area contributed by atoms with Gasteiger partial charge in [0.15, 0.2) is 0 Å². The fourth-order valence-electron chi connectivity index (χ4n) is 7.17. The van der Waals surface area contributed by atoms with Gasteiger partial charge in [-0.25, -0.2) is 9.78 Å². The minimum Gasteiger partial charge on any atom is -0.444 e. The molecule has 3 aliphatic rings. The van der Waals surface area contributed by atoms with Crippen LogP contribution >= 0.6 is 11.3 Å². The van der Waals surface area contributed by atoms with Crippen molar-refractivity contribution < 1.29 is 33.8 Å². The van der Waals surface area contributed by atoms with Gasteiger partial charge in [0.25, 0.3) is 0 Å². The van der Waals surface area contributed by atoms with E-state index in [9.17, 15) is 24.3 Å². The van der Waals surface area contributed by atoms with Crippen LogP contribution < -0.4 is 16.0 Å². The van der Waals surface area contributed by atoms with E-state index in [1.807, 2.05) is 85.2 Å². The van der Waals surface area contributed by atoms with E-state index >= 15 is 0 Å². The van der Waals surface area contributed by atoms with E-state index in [4.69, 9.17) is 9.47 Å². The third-order valence-corrected chi connectivity index (χ3v) is 11.1. The molecule has 1 saturated carbocycles. The van der Waals surface area contributed by atoms with Crippen molar-refractivity contribution in [3.63, 3.8) is 0 Å². The van der Waals surface area contributed by atoms with Crippen LogP contribution in [-0.2, 0) is 23.9 Å². The number of aryl methyl sites for hydroxylation is 1. The Morgan fingerprint density at radius 2 is 1.64 bits per heavy atom. The number of nitrogens with zero attached hydrogens (tertiary/aromatic N) is 3. The lowest BCUT2D eigenvalue weighted by Gasteiger charge is -2.40. The second kappa shape index (κ2) is 16.8. The zero-order valence-corrected chi connectivity index (χ0v) is 33.3. The highest BCUT2D eigenvalue weighted by atomic mass is 32.1. The summed E-state index contributed by atoms with van der Waals surface area (Å²) in [5.74, 6) is -0.990. The van der Waals surface area contributed by atoms with E-state index in [1.165, 1.54) is 4.90 Å². The number of nitrogens with one attached hydrogen (secondary N) is 3. The number of piperidine rings is 1. The molecule has 292 valence electrons. The molecule has 1 aromatic carbocycles. The largest absolute Gasteiger partial charge is 0.444 e. The van der Waals surface area contributed by atoms with Gasteiger partial charge < -0.3 is 35.4 Å². The smallest absolute Gasteiger partial charge is 0.407 e. The Morgan fingerprint density at radius 1 is 0.981 bits per heavy atom. The number of amides is 4. The number of ether oxygens (including phenoxy) is 2. The summed E-state index contributed by atoms with van der Waals surface area (Å²) >= 11 is 1.58. The minimum atomic E-state index is -0.891. The number of β-amino-alcohol motifs (C(OH)–C–C–N with tert-alkyl or cyclic N) is 1. The van der Waals surface area contributed by atoms with Gasteiger partial charge >= 0.3 is 6.09 Å². The number of hydrogen-bond donors (Lipinski definition) is 4. The van der Waals surface area contributed by atoms with Crippen LogP contribution in [0.1, 0.15) is 97.9 Å². The number of carbonyl (C=O) groups is 4. The van der Waals surface area contributed by atoms with Gasteiger partial charge in [-0.1, -0.05) is 45.0 Å². The molecule has 2 aliphatic heterocycles. The molecule has 4 N–H and O–H groups in total. The maximum atomic E-state index is 14.1. The molecule has 14 heteroatoms. The second-order valence-corrected chi connectivity index (χ2v) is 17.8. The monoisotopic (exact) mass is 754 g/mol. The number of carbonyl (C=O) groups excluding carboxylic acids is 4. The summed E-state index contributed by atoms with van der Waals surface area (Å²) in [5, 5.41) is 19.5. The molecule has 3 fully saturated rings. The third-order valence-electron chi connectivity index (χ3n) is 10.2. The first kappa shape index (κ1) is 40.6. The molecule has 2 saturated heterocycles. The predicted octanol–water partition coefficient (Wildman–Crippen LogP) is 4.33. The first-order chi connectivity index (χ1) is 24.9. The highest BCUT2D eigenvalue weighted by molar-refractivity contribution is 7.13. The molecule has 1 aromatic heterocycles. The number of thiazole rings is 1. The quantitative estimate of drug-likeness (QED) is 0.262. The summed E-state index contributed by atoms with van der Waals surface area (Å²) in [6, 6.07) is 5.95. The van der Waals surface area contributed by atoms with Gasteiger partial charge in [-0.2, -0.15) is 0 Å². The minimum absolute atomic E-state index is 0.0168. The van der Waals surface area contributed by atoms with Crippen LogP contribution in [0, 0.1) is 12.3 Å². The molecular weight excluding hydrogens is 697 g/mol. The zero-order valence-electron chi connectivity index (χ0n) is 32.4. The van der Waals surface area contributed by atoms with Gasteiger partial charge in [0.1, 0.15) is 17.7 Å². The maximum absolute atomic E-state index is 14.1. The Bertz CT molecular complexity index is 1590.